The van der Waals surface area contributed by atoms with Gasteiger partial charge in [-0.1, -0.05) is 18.2 Å². The van der Waals surface area contributed by atoms with Crippen LogP contribution in [0, 0.1) is 0 Å². The highest BCUT2D eigenvalue weighted by Gasteiger charge is 2.43. The number of benzene rings is 1. The van der Waals surface area contributed by atoms with Crippen LogP contribution in [0.3, 0.4) is 0 Å². The molecule has 0 saturated carbocycles. The summed E-state index contributed by atoms with van der Waals surface area (Å²) in [6.45, 7) is 0. The smallest absolute Gasteiger partial charge is 0.273 e. The van der Waals surface area contributed by atoms with Gasteiger partial charge < -0.3 is 0 Å². The van der Waals surface area contributed by atoms with E-state index >= 15 is 0 Å². The van der Waals surface area contributed by atoms with Gasteiger partial charge >= 0.3 is 0 Å². The molecule has 2 aromatic rings. The van der Waals surface area contributed by atoms with E-state index < -0.39 is 0 Å². The lowest BCUT2D eigenvalue weighted by atomic mass is 9.99. The first-order chi connectivity index (χ1) is 8.77. The molecule has 0 bridgehead atoms. The van der Waals surface area contributed by atoms with Gasteiger partial charge in [0, 0.05) is 18.2 Å². The molecule has 1 aromatic carbocycles. The van der Waals surface area contributed by atoms with Gasteiger partial charge in [0.25, 0.3) is 5.91 Å². The topological polar surface area (TPSA) is 42.3 Å². The molecule has 0 aliphatic carbocycles. The largest absolute Gasteiger partial charge is 0.292 e. The SMILES string of the molecule is O=C1C[C@H]2c3ccccc3C(=O)N2n2cccc21. The molecule has 2 aliphatic rings. The molecule has 0 spiro atoms. The standard InChI is InChI=1S/C14H10N2O2/c17-13-8-12-9-4-1-2-5-10(9)14(18)16(12)15-7-3-6-11(13)15/h1-7,12H,8H2/t12-/m0/s1. The van der Waals surface area contributed by atoms with E-state index in [4.69, 9.17) is 0 Å². The van der Waals surface area contributed by atoms with Crippen LogP contribution in [0.2, 0.25) is 0 Å². The van der Waals surface area contributed by atoms with Crippen LogP contribution in [0.1, 0.15) is 38.9 Å². The molecule has 0 unspecified atom stereocenters. The Kier molecular flexibility index (Phi) is 1.66. The van der Waals surface area contributed by atoms with Crippen LogP contribution in [0.4, 0.5) is 0 Å². The summed E-state index contributed by atoms with van der Waals surface area (Å²) in [5, 5.41) is 1.68. The lowest BCUT2D eigenvalue weighted by Crippen LogP contribution is -2.43. The van der Waals surface area contributed by atoms with Crippen molar-refractivity contribution in [2.45, 2.75) is 12.5 Å². The maximum atomic E-state index is 12.4. The molecule has 0 fully saturated rings. The number of amides is 1. The zero-order valence-electron chi connectivity index (χ0n) is 9.54. The van der Waals surface area contributed by atoms with E-state index in [1.54, 1.807) is 28.0 Å². The molecule has 88 valence electrons. The minimum Gasteiger partial charge on any atom is -0.292 e. The van der Waals surface area contributed by atoms with Crippen molar-refractivity contribution in [3.63, 3.8) is 0 Å². The average Bonchev–Trinajstić information content (AvgIpc) is 2.95. The van der Waals surface area contributed by atoms with Crippen molar-refractivity contribution in [2.24, 2.45) is 0 Å². The fourth-order valence-corrected chi connectivity index (χ4v) is 2.88. The average molecular weight is 238 g/mol. The second kappa shape index (κ2) is 3.10. The summed E-state index contributed by atoms with van der Waals surface area (Å²) in [5.41, 5.74) is 2.25. The lowest BCUT2D eigenvalue weighted by molar-refractivity contribution is 0.0898. The first-order valence-electron chi connectivity index (χ1n) is 5.91. The van der Waals surface area contributed by atoms with Gasteiger partial charge in [0.1, 0.15) is 5.69 Å². The molecule has 3 heterocycles. The molecule has 4 nitrogen and oxygen atoms in total. The van der Waals surface area contributed by atoms with Gasteiger partial charge in [0.15, 0.2) is 5.78 Å². The molecule has 0 radical (unpaired) electrons. The second-order valence-electron chi connectivity index (χ2n) is 4.62. The fourth-order valence-electron chi connectivity index (χ4n) is 2.88. The summed E-state index contributed by atoms with van der Waals surface area (Å²) in [7, 11) is 0. The Morgan fingerprint density at radius 3 is 2.78 bits per heavy atom. The van der Waals surface area contributed by atoms with Crippen LogP contribution in [0.5, 0.6) is 0 Å². The van der Waals surface area contributed by atoms with Crippen LogP contribution in [0.15, 0.2) is 42.6 Å². The number of Topliss-reactive ketones (excluding diaryl/α,β-unsaturated/α-hetero) is 1. The molecule has 18 heavy (non-hydrogen) atoms. The van der Waals surface area contributed by atoms with E-state index in [1.807, 2.05) is 24.3 Å². The van der Waals surface area contributed by atoms with Crippen LogP contribution in [-0.2, 0) is 0 Å². The predicted octanol–water partition coefficient (Wildman–Crippen LogP) is 1.91. The van der Waals surface area contributed by atoms with Crippen molar-refractivity contribution < 1.29 is 9.59 Å². The first-order valence-corrected chi connectivity index (χ1v) is 5.91. The molecule has 2 aliphatic heterocycles. The van der Waals surface area contributed by atoms with Crippen LogP contribution >= 0.6 is 0 Å². The summed E-state index contributed by atoms with van der Waals surface area (Å²) in [6, 6.07) is 10.9. The molecular weight excluding hydrogens is 228 g/mol. The Labute approximate surface area is 103 Å². The van der Waals surface area contributed by atoms with E-state index in [0.717, 1.165) is 5.56 Å². The number of fused-ring (bicyclic) bond motifs is 5. The molecule has 0 saturated heterocycles. The van der Waals surface area contributed by atoms with Crippen molar-refractivity contribution in [3.8, 4) is 0 Å². The van der Waals surface area contributed by atoms with Crippen LogP contribution in [-0.4, -0.2) is 16.4 Å². The van der Waals surface area contributed by atoms with Crippen LogP contribution in [0.25, 0.3) is 0 Å². The Balaban J connectivity index is 1.97. The fraction of sp³-hybridized carbons (Fsp3) is 0.143. The number of hydrogen-bond donors (Lipinski definition) is 0. The van der Waals surface area contributed by atoms with Gasteiger partial charge in [-0.2, -0.15) is 0 Å². The van der Waals surface area contributed by atoms with E-state index in [-0.39, 0.29) is 17.7 Å². The minimum atomic E-state index is -0.152. The highest BCUT2D eigenvalue weighted by atomic mass is 16.2. The summed E-state index contributed by atoms with van der Waals surface area (Å²) in [4.78, 5) is 24.4. The highest BCUT2D eigenvalue weighted by Crippen LogP contribution is 2.38. The van der Waals surface area contributed by atoms with Gasteiger partial charge in [-0.05, 0) is 23.8 Å². The van der Waals surface area contributed by atoms with E-state index in [0.29, 0.717) is 17.7 Å². The Bertz CT molecular complexity index is 687. The summed E-state index contributed by atoms with van der Waals surface area (Å²) in [5.74, 6) is 0.0614. The van der Waals surface area contributed by atoms with Gasteiger partial charge in [0.05, 0.1) is 6.04 Å². The number of hydrogen-bond acceptors (Lipinski definition) is 2. The third-order valence-electron chi connectivity index (χ3n) is 3.68. The first kappa shape index (κ1) is 9.65. The van der Waals surface area contributed by atoms with E-state index in [1.165, 1.54) is 0 Å². The molecule has 4 rings (SSSR count). The van der Waals surface area contributed by atoms with E-state index in [9.17, 15) is 9.59 Å². The molecule has 1 aromatic heterocycles. The molecule has 0 N–H and O–H groups in total. The van der Waals surface area contributed by atoms with Gasteiger partial charge in [-0.25, -0.2) is 5.01 Å². The van der Waals surface area contributed by atoms with Crippen LogP contribution < -0.4 is 5.01 Å². The van der Waals surface area contributed by atoms with Crippen molar-refractivity contribution in [2.75, 3.05) is 5.01 Å². The number of aromatic nitrogens is 1. The van der Waals surface area contributed by atoms with Gasteiger partial charge in [0.2, 0.25) is 0 Å². The monoisotopic (exact) mass is 238 g/mol. The second-order valence-corrected chi connectivity index (χ2v) is 4.62. The predicted molar refractivity (Wildman–Crippen MR) is 65.1 cm³/mol. The molecule has 1 atom stereocenters. The number of ketones is 1. The van der Waals surface area contributed by atoms with Gasteiger partial charge in [-0.3, -0.25) is 14.3 Å². The van der Waals surface area contributed by atoms with Crippen molar-refractivity contribution in [1.82, 2.24) is 4.68 Å². The van der Waals surface area contributed by atoms with Gasteiger partial charge in [-0.15, -0.1) is 0 Å². The van der Waals surface area contributed by atoms with Crippen molar-refractivity contribution >= 4 is 11.7 Å². The number of nitrogens with zero attached hydrogens (tertiary/aromatic N) is 2. The maximum Gasteiger partial charge on any atom is 0.273 e. The highest BCUT2D eigenvalue weighted by molar-refractivity contribution is 6.10. The number of carbonyl (C=O) groups excluding carboxylic acids is 2. The Morgan fingerprint density at radius 1 is 1.06 bits per heavy atom. The molecule has 1 amide bonds. The molecular formula is C14H10N2O2. The summed E-state index contributed by atoms with van der Waals surface area (Å²) >= 11 is 0. The number of carbonyl (C=O) groups is 2. The van der Waals surface area contributed by atoms with E-state index in [2.05, 4.69) is 0 Å². The zero-order valence-corrected chi connectivity index (χ0v) is 9.54. The Morgan fingerprint density at radius 2 is 1.89 bits per heavy atom. The zero-order chi connectivity index (χ0) is 12.3. The normalized spacial score (nSPS) is 20.7. The number of rotatable bonds is 0. The summed E-state index contributed by atoms with van der Waals surface area (Å²) < 4.78 is 1.68. The lowest BCUT2D eigenvalue weighted by Gasteiger charge is -2.31. The summed E-state index contributed by atoms with van der Waals surface area (Å²) in [6.07, 6.45) is 2.13. The third-order valence-corrected chi connectivity index (χ3v) is 3.68. The molecule has 4 heteroatoms. The van der Waals surface area contributed by atoms with Crippen molar-refractivity contribution in [3.05, 3.63) is 59.4 Å². The minimum absolute atomic E-state index is 0.0273. The maximum absolute atomic E-state index is 12.4. The van der Waals surface area contributed by atoms with Crippen molar-refractivity contribution in [1.29, 1.82) is 0 Å². The quantitative estimate of drug-likeness (QED) is 0.703. The third kappa shape index (κ3) is 1.00. The Hall–Kier alpha value is -2.36.